The molecule has 7 nitrogen and oxygen atoms in total. The van der Waals surface area contributed by atoms with E-state index < -0.39 is 16.9 Å². The van der Waals surface area contributed by atoms with Gasteiger partial charge in [0.15, 0.2) is 12.4 Å². The molecule has 0 aliphatic carbocycles. The van der Waals surface area contributed by atoms with E-state index in [9.17, 15) is 19.7 Å². The van der Waals surface area contributed by atoms with Crippen LogP contribution in [-0.2, 0) is 4.79 Å². The first-order valence-electron chi connectivity index (χ1n) is 6.98. The molecule has 0 aliphatic heterocycles. The summed E-state index contributed by atoms with van der Waals surface area (Å²) in [5.41, 5.74) is 0.0729. The van der Waals surface area contributed by atoms with Gasteiger partial charge in [0.05, 0.1) is 21.2 Å². The summed E-state index contributed by atoms with van der Waals surface area (Å²) in [7, 11) is 0. The minimum Gasteiger partial charge on any atom is -0.480 e. The van der Waals surface area contributed by atoms with Gasteiger partial charge in [-0.2, -0.15) is 0 Å². The van der Waals surface area contributed by atoms with Crippen molar-refractivity contribution in [2.45, 2.75) is 13.0 Å². The maximum Gasteiger partial charge on any atom is 0.270 e. The number of nitro benzene ring substituents is 1. The first-order valence-corrected chi connectivity index (χ1v) is 7.73. The number of nitrogens with one attached hydrogen (secondary N) is 1. The number of rotatable bonds is 6. The van der Waals surface area contributed by atoms with Gasteiger partial charge in [0.25, 0.3) is 11.6 Å². The third-order valence-corrected chi connectivity index (χ3v) is 3.74. The largest absolute Gasteiger partial charge is 0.480 e. The SMILES string of the molecule is C[C@@H](Oc1ccc([N+](=O)[O-])cc1C=O)C(=O)Nc1ccc(Cl)cc1Cl. The Morgan fingerprint density at radius 1 is 1.28 bits per heavy atom. The fraction of sp³-hybridized carbons (Fsp3) is 0.125. The molecule has 2 aromatic carbocycles. The van der Waals surface area contributed by atoms with Crippen LogP contribution in [0.4, 0.5) is 11.4 Å². The highest BCUT2D eigenvalue weighted by Crippen LogP contribution is 2.27. The molecule has 1 atom stereocenters. The van der Waals surface area contributed by atoms with E-state index in [0.29, 0.717) is 17.0 Å². The van der Waals surface area contributed by atoms with Gasteiger partial charge >= 0.3 is 0 Å². The number of nitrogens with zero attached hydrogens (tertiary/aromatic N) is 1. The van der Waals surface area contributed by atoms with E-state index in [1.165, 1.54) is 31.2 Å². The molecule has 0 aliphatic rings. The van der Waals surface area contributed by atoms with E-state index in [4.69, 9.17) is 27.9 Å². The van der Waals surface area contributed by atoms with Crippen LogP contribution in [-0.4, -0.2) is 23.2 Å². The highest BCUT2D eigenvalue weighted by Gasteiger charge is 2.19. The Kier molecular flexibility index (Phi) is 5.95. The summed E-state index contributed by atoms with van der Waals surface area (Å²) in [5.74, 6) is -0.454. The van der Waals surface area contributed by atoms with Crippen LogP contribution in [0.5, 0.6) is 5.75 Å². The van der Waals surface area contributed by atoms with Gasteiger partial charge in [-0.15, -0.1) is 0 Å². The quantitative estimate of drug-likeness (QED) is 0.460. The molecule has 2 aromatic rings. The average molecular weight is 383 g/mol. The van der Waals surface area contributed by atoms with Gasteiger partial charge in [0.1, 0.15) is 5.75 Å². The van der Waals surface area contributed by atoms with Crippen molar-refractivity contribution in [2.75, 3.05) is 5.32 Å². The van der Waals surface area contributed by atoms with Crippen LogP contribution in [0.2, 0.25) is 10.0 Å². The van der Waals surface area contributed by atoms with Gasteiger partial charge in [0, 0.05) is 17.2 Å². The molecule has 0 bridgehead atoms. The molecule has 0 saturated carbocycles. The predicted octanol–water partition coefficient (Wildman–Crippen LogP) is 4.12. The third kappa shape index (κ3) is 4.68. The Hall–Kier alpha value is -2.64. The maximum atomic E-state index is 12.2. The lowest BCUT2D eigenvalue weighted by atomic mass is 10.2. The Balaban J connectivity index is 2.13. The fourth-order valence-electron chi connectivity index (χ4n) is 1.92. The maximum absolute atomic E-state index is 12.2. The predicted molar refractivity (Wildman–Crippen MR) is 93.7 cm³/mol. The standard InChI is InChI=1S/C16H12Cl2N2O5/c1-9(16(22)19-14-4-2-11(17)7-13(14)18)25-15-5-3-12(20(23)24)6-10(15)8-21/h2-9H,1H3,(H,19,22)/t9-/m1/s1. The summed E-state index contributed by atoms with van der Waals surface area (Å²) in [6.45, 7) is 1.47. The number of hydrogen-bond acceptors (Lipinski definition) is 5. The van der Waals surface area contributed by atoms with Crippen LogP contribution in [0.15, 0.2) is 36.4 Å². The number of anilines is 1. The van der Waals surface area contributed by atoms with E-state index in [-0.39, 0.29) is 22.0 Å². The number of carbonyl (C=O) groups is 2. The first kappa shape index (κ1) is 18.7. The van der Waals surface area contributed by atoms with Crippen molar-refractivity contribution in [1.82, 2.24) is 0 Å². The topological polar surface area (TPSA) is 98.5 Å². The zero-order chi connectivity index (χ0) is 18.6. The van der Waals surface area contributed by atoms with Crippen LogP contribution >= 0.6 is 23.2 Å². The Morgan fingerprint density at radius 2 is 2.00 bits per heavy atom. The summed E-state index contributed by atoms with van der Waals surface area (Å²) >= 11 is 11.8. The van der Waals surface area contributed by atoms with E-state index in [1.54, 1.807) is 6.07 Å². The summed E-state index contributed by atoms with van der Waals surface area (Å²) in [5, 5.41) is 14.0. The van der Waals surface area contributed by atoms with Gasteiger partial charge in [-0.1, -0.05) is 23.2 Å². The molecule has 0 fully saturated rings. The van der Waals surface area contributed by atoms with E-state index in [1.807, 2.05) is 0 Å². The van der Waals surface area contributed by atoms with Gasteiger partial charge in [-0.25, -0.2) is 0 Å². The lowest BCUT2D eigenvalue weighted by Crippen LogP contribution is -2.30. The van der Waals surface area contributed by atoms with Crippen LogP contribution in [0, 0.1) is 10.1 Å². The van der Waals surface area contributed by atoms with Gasteiger partial charge in [-0.3, -0.25) is 19.7 Å². The van der Waals surface area contributed by atoms with Gasteiger partial charge < -0.3 is 10.1 Å². The molecule has 1 N–H and O–H groups in total. The van der Waals surface area contributed by atoms with Crippen LogP contribution < -0.4 is 10.1 Å². The molecule has 0 unspecified atom stereocenters. The van der Waals surface area contributed by atoms with E-state index in [0.717, 1.165) is 6.07 Å². The molecule has 0 saturated heterocycles. The Labute approximate surface area is 152 Å². The lowest BCUT2D eigenvalue weighted by molar-refractivity contribution is -0.384. The second-order valence-electron chi connectivity index (χ2n) is 4.97. The minimum atomic E-state index is -0.980. The molecular weight excluding hydrogens is 371 g/mol. The number of ether oxygens (including phenoxy) is 1. The van der Waals surface area contributed by atoms with E-state index in [2.05, 4.69) is 5.32 Å². The molecule has 130 valence electrons. The molecule has 0 spiro atoms. The molecule has 0 heterocycles. The van der Waals surface area contributed by atoms with Gasteiger partial charge in [0.2, 0.25) is 0 Å². The number of carbonyl (C=O) groups excluding carboxylic acids is 2. The Morgan fingerprint density at radius 3 is 2.60 bits per heavy atom. The zero-order valence-electron chi connectivity index (χ0n) is 12.9. The monoisotopic (exact) mass is 382 g/mol. The summed E-state index contributed by atoms with van der Waals surface area (Å²) in [4.78, 5) is 33.4. The number of nitro groups is 1. The third-order valence-electron chi connectivity index (χ3n) is 3.19. The molecule has 1 amide bonds. The van der Waals surface area contributed by atoms with Crippen molar-refractivity contribution in [3.63, 3.8) is 0 Å². The number of aldehydes is 1. The average Bonchev–Trinajstić information content (AvgIpc) is 2.57. The fourth-order valence-corrected chi connectivity index (χ4v) is 2.37. The van der Waals surface area contributed by atoms with Crippen molar-refractivity contribution >= 4 is 46.8 Å². The minimum absolute atomic E-state index is 0.0293. The number of non-ortho nitro benzene ring substituents is 1. The van der Waals surface area contributed by atoms with Crippen molar-refractivity contribution in [3.05, 3.63) is 62.1 Å². The molecule has 0 radical (unpaired) electrons. The highest BCUT2D eigenvalue weighted by molar-refractivity contribution is 6.36. The van der Waals surface area contributed by atoms with Crippen molar-refractivity contribution in [3.8, 4) is 5.75 Å². The van der Waals surface area contributed by atoms with Crippen molar-refractivity contribution < 1.29 is 19.2 Å². The van der Waals surface area contributed by atoms with Crippen LogP contribution in [0.25, 0.3) is 0 Å². The smallest absolute Gasteiger partial charge is 0.270 e. The number of halogens is 2. The zero-order valence-corrected chi connectivity index (χ0v) is 14.4. The lowest BCUT2D eigenvalue weighted by Gasteiger charge is -2.16. The molecule has 9 heteroatoms. The first-order chi connectivity index (χ1) is 11.8. The second-order valence-corrected chi connectivity index (χ2v) is 5.81. The Bertz CT molecular complexity index is 841. The molecule has 2 rings (SSSR count). The highest BCUT2D eigenvalue weighted by atomic mass is 35.5. The summed E-state index contributed by atoms with van der Waals surface area (Å²) in [6, 6.07) is 8.10. The van der Waals surface area contributed by atoms with Crippen molar-refractivity contribution in [2.24, 2.45) is 0 Å². The second kappa shape index (κ2) is 7.96. The normalized spacial score (nSPS) is 11.5. The van der Waals surface area contributed by atoms with Crippen LogP contribution in [0.1, 0.15) is 17.3 Å². The molecular formula is C16H12Cl2N2O5. The van der Waals surface area contributed by atoms with Crippen LogP contribution in [0.3, 0.4) is 0 Å². The van der Waals surface area contributed by atoms with Gasteiger partial charge in [-0.05, 0) is 31.2 Å². The van der Waals surface area contributed by atoms with Crippen molar-refractivity contribution in [1.29, 1.82) is 0 Å². The molecule has 25 heavy (non-hydrogen) atoms. The van der Waals surface area contributed by atoms with E-state index >= 15 is 0 Å². The number of hydrogen-bond donors (Lipinski definition) is 1. The summed E-state index contributed by atoms with van der Waals surface area (Å²) < 4.78 is 5.43. The molecule has 0 aromatic heterocycles. The number of amides is 1. The summed E-state index contributed by atoms with van der Waals surface area (Å²) in [6.07, 6.45) is -0.560. The number of benzene rings is 2.